The van der Waals surface area contributed by atoms with Gasteiger partial charge in [-0.15, -0.1) is 0 Å². The van der Waals surface area contributed by atoms with E-state index in [1.165, 1.54) is 12.8 Å². The van der Waals surface area contributed by atoms with Crippen molar-refractivity contribution in [1.82, 2.24) is 9.78 Å². The Hall–Kier alpha value is -2.83. The quantitative estimate of drug-likeness (QED) is 0.851. The molecule has 7 nitrogen and oxygen atoms in total. The number of nitrogens with zero attached hydrogens (tertiary/aromatic N) is 3. The molecule has 142 valence electrons. The van der Waals surface area contributed by atoms with Gasteiger partial charge in [-0.3, -0.25) is 9.59 Å². The van der Waals surface area contributed by atoms with E-state index < -0.39 is 5.92 Å². The number of aromatic nitrogens is 2. The minimum atomic E-state index is -0.401. The van der Waals surface area contributed by atoms with Crippen LogP contribution < -0.4 is 15.0 Å². The second-order valence-electron chi connectivity index (χ2n) is 7.31. The lowest BCUT2D eigenvalue weighted by Crippen LogP contribution is -2.29. The van der Waals surface area contributed by atoms with Crippen LogP contribution in [0.25, 0.3) is 0 Å². The number of nitrogens with one attached hydrogen (secondary N) is 1. The summed E-state index contributed by atoms with van der Waals surface area (Å²) in [6.45, 7) is 2.47. The maximum absolute atomic E-state index is 12.8. The van der Waals surface area contributed by atoms with Crippen molar-refractivity contribution < 1.29 is 14.3 Å². The minimum Gasteiger partial charge on any atom is -0.495 e. The molecule has 0 spiro atoms. The van der Waals surface area contributed by atoms with Gasteiger partial charge in [-0.05, 0) is 37.8 Å². The lowest BCUT2D eigenvalue weighted by Gasteiger charge is -2.20. The SMILES string of the molecule is COc1ccccc1N1CC(C(=O)Nc2ccnn2C(C)C2CC2)CC1=O. The second kappa shape index (κ2) is 7.06. The number of methoxy groups -OCH3 is 1. The zero-order valence-corrected chi connectivity index (χ0v) is 15.6. The fourth-order valence-electron chi connectivity index (χ4n) is 3.71. The maximum atomic E-state index is 12.8. The summed E-state index contributed by atoms with van der Waals surface area (Å²) in [5.41, 5.74) is 0.702. The van der Waals surface area contributed by atoms with Gasteiger partial charge < -0.3 is 15.0 Å². The van der Waals surface area contributed by atoms with Gasteiger partial charge in [0.15, 0.2) is 0 Å². The Morgan fingerprint density at radius 3 is 2.81 bits per heavy atom. The van der Waals surface area contributed by atoms with E-state index in [-0.39, 0.29) is 24.3 Å². The molecule has 1 saturated carbocycles. The van der Waals surface area contributed by atoms with E-state index in [1.807, 2.05) is 35.0 Å². The summed E-state index contributed by atoms with van der Waals surface area (Å²) in [5.74, 6) is 1.34. The number of ether oxygens (including phenoxy) is 1. The van der Waals surface area contributed by atoms with Gasteiger partial charge >= 0.3 is 0 Å². The van der Waals surface area contributed by atoms with Crippen molar-refractivity contribution >= 4 is 23.3 Å². The highest BCUT2D eigenvalue weighted by molar-refractivity contribution is 6.04. The Labute approximate surface area is 158 Å². The third-order valence-corrected chi connectivity index (χ3v) is 5.48. The van der Waals surface area contributed by atoms with Crippen LogP contribution in [0.3, 0.4) is 0 Å². The molecule has 1 aromatic carbocycles. The molecular weight excluding hydrogens is 344 g/mol. The summed E-state index contributed by atoms with van der Waals surface area (Å²) in [4.78, 5) is 26.9. The van der Waals surface area contributed by atoms with Gasteiger partial charge in [-0.1, -0.05) is 12.1 Å². The van der Waals surface area contributed by atoms with Crippen LogP contribution in [0.2, 0.25) is 0 Å². The van der Waals surface area contributed by atoms with Crippen LogP contribution in [0.4, 0.5) is 11.5 Å². The summed E-state index contributed by atoms with van der Waals surface area (Å²) in [6, 6.07) is 9.44. The zero-order valence-electron chi connectivity index (χ0n) is 15.6. The number of rotatable bonds is 6. The lowest BCUT2D eigenvalue weighted by molar-refractivity contribution is -0.122. The van der Waals surface area contributed by atoms with Crippen molar-refractivity contribution in [3.63, 3.8) is 0 Å². The molecule has 1 saturated heterocycles. The smallest absolute Gasteiger partial charge is 0.230 e. The number of carbonyl (C=O) groups is 2. The van der Waals surface area contributed by atoms with Crippen molar-refractivity contribution in [3.05, 3.63) is 36.5 Å². The summed E-state index contributed by atoms with van der Waals surface area (Å²) in [7, 11) is 1.58. The Morgan fingerprint density at radius 1 is 1.30 bits per heavy atom. The summed E-state index contributed by atoms with van der Waals surface area (Å²) >= 11 is 0. The Bertz CT molecular complexity index is 858. The van der Waals surface area contributed by atoms with Gasteiger partial charge in [0.05, 0.1) is 31.0 Å². The third kappa shape index (κ3) is 3.41. The topological polar surface area (TPSA) is 76.5 Å². The average molecular weight is 368 g/mol. The van der Waals surface area contributed by atoms with E-state index in [2.05, 4.69) is 17.3 Å². The van der Waals surface area contributed by atoms with Crippen LogP contribution >= 0.6 is 0 Å². The monoisotopic (exact) mass is 368 g/mol. The first-order valence-electron chi connectivity index (χ1n) is 9.36. The predicted molar refractivity (Wildman–Crippen MR) is 102 cm³/mol. The molecule has 2 atom stereocenters. The van der Waals surface area contributed by atoms with Gasteiger partial charge in [-0.2, -0.15) is 5.10 Å². The number of benzene rings is 1. The number of hydrogen-bond donors (Lipinski definition) is 1. The van der Waals surface area contributed by atoms with Crippen molar-refractivity contribution in [1.29, 1.82) is 0 Å². The molecule has 1 aromatic heterocycles. The molecule has 1 aliphatic carbocycles. The Morgan fingerprint density at radius 2 is 2.07 bits per heavy atom. The molecule has 1 aliphatic heterocycles. The van der Waals surface area contributed by atoms with Gasteiger partial charge in [0.25, 0.3) is 0 Å². The number of anilines is 2. The van der Waals surface area contributed by atoms with E-state index in [1.54, 1.807) is 18.2 Å². The minimum absolute atomic E-state index is 0.0699. The summed E-state index contributed by atoms with van der Waals surface area (Å²) in [5, 5.41) is 7.33. The highest BCUT2D eigenvalue weighted by atomic mass is 16.5. The van der Waals surface area contributed by atoms with Gasteiger partial charge in [0.1, 0.15) is 11.6 Å². The van der Waals surface area contributed by atoms with Crippen LogP contribution in [0.5, 0.6) is 5.75 Å². The number of hydrogen-bond acceptors (Lipinski definition) is 4. The van der Waals surface area contributed by atoms with E-state index >= 15 is 0 Å². The predicted octanol–water partition coefficient (Wildman–Crippen LogP) is 2.85. The summed E-state index contributed by atoms with van der Waals surface area (Å²) < 4.78 is 7.23. The van der Waals surface area contributed by atoms with E-state index in [0.717, 1.165) is 0 Å². The number of amides is 2. The first-order valence-corrected chi connectivity index (χ1v) is 9.36. The largest absolute Gasteiger partial charge is 0.495 e. The third-order valence-electron chi connectivity index (χ3n) is 5.48. The molecule has 2 fully saturated rings. The molecule has 2 aromatic rings. The normalized spacial score (nSPS) is 20.6. The highest BCUT2D eigenvalue weighted by Gasteiger charge is 2.37. The van der Waals surface area contributed by atoms with Crippen molar-refractivity contribution in [2.75, 3.05) is 23.9 Å². The molecular formula is C20H24N4O3. The first kappa shape index (κ1) is 17.6. The molecule has 2 aliphatic rings. The fourth-order valence-corrected chi connectivity index (χ4v) is 3.71. The van der Waals surface area contributed by atoms with Crippen LogP contribution in [0.15, 0.2) is 36.5 Å². The first-order chi connectivity index (χ1) is 13.1. The molecule has 2 heterocycles. The number of para-hydroxylation sites is 2. The Kier molecular flexibility index (Phi) is 4.59. The second-order valence-corrected chi connectivity index (χ2v) is 7.31. The van der Waals surface area contributed by atoms with Crippen LogP contribution in [-0.2, 0) is 9.59 Å². The summed E-state index contributed by atoms with van der Waals surface area (Å²) in [6.07, 6.45) is 4.31. The highest BCUT2D eigenvalue weighted by Crippen LogP contribution is 2.40. The van der Waals surface area contributed by atoms with Crippen molar-refractivity contribution in [3.8, 4) is 5.75 Å². The van der Waals surface area contributed by atoms with Crippen LogP contribution in [0, 0.1) is 11.8 Å². The molecule has 4 rings (SSSR count). The molecule has 0 radical (unpaired) electrons. The average Bonchev–Trinajstić information content (AvgIpc) is 3.31. The fraction of sp³-hybridized carbons (Fsp3) is 0.450. The molecule has 27 heavy (non-hydrogen) atoms. The Balaban J connectivity index is 1.46. The van der Waals surface area contributed by atoms with Crippen molar-refractivity contribution in [2.45, 2.75) is 32.2 Å². The molecule has 7 heteroatoms. The van der Waals surface area contributed by atoms with Gasteiger partial charge in [0, 0.05) is 19.0 Å². The maximum Gasteiger partial charge on any atom is 0.230 e. The lowest BCUT2D eigenvalue weighted by atomic mass is 10.1. The molecule has 1 N–H and O–H groups in total. The van der Waals surface area contributed by atoms with Crippen LogP contribution in [-0.4, -0.2) is 35.2 Å². The van der Waals surface area contributed by atoms with Gasteiger partial charge in [0.2, 0.25) is 11.8 Å². The number of carbonyl (C=O) groups excluding carboxylic acids is 2. The molecule has 2 unspecified atom stereocenters. The van der Waals surface area contributed by atoms with Gasteiger partial charge in [-0.25, -0.2) is 4.68 Å². The van der Waals surface area contributed by atoms with E-state index in [0.29, 0.717) is 29.7 Å². The standard InChI is InChI=1S/C20H24N4O3/c1-13(14-7-8-14)24-18(9-10-21-24)22-20(26)15-11-19(25)23(12-15)16-5-3-4-6-17(16)27-2/h3-6,9-10,13-15H,7-8,11-12H2,1-2H3,(H,22,26). The molecule has 2 amide bonds. The zero-order chi connectivity index (χ0) is 19.0. The van der Waals surface area contributed by atoms with Crippen molar-refractivity contribution in [2.24, 2.45) is 11.8 Å². The van der Waals surface area contributed by atoms with Crippen LogP contribution in [0.1, 0.15) is 32.2 Å². The molecule has 0 bridgehead atoms. The van der Waals surface area contributed by atoms with E-state index in [4.69, 9.17) is 4.74 Å². The van der Waals surface area contributed by atoms with E-state index in [9.17, 15) is 9.59 Å².